The number of nitro groups is 1. The van der Waals surface area contributed by atoms with E-state index in [1.54, 1.807) is 0 Å². The van der Waals surface area contributed by atoms with Gasteiger partial charge in [0.25, 0.3) is 11.6 Å². The summed E-state index contributed by atoms with van der Waals surface area (Å²) in [5, 5.41) is 17.9. The Balaban J connectivity index is 1.51. The standard InChI is InChI=1S/C19H21N5O6/c1-10(2)17(19-21-18(22-30-19)11-3-4-11)20-15(25)8-23-13-7-12(24(27)28)5-6-14(13)29-9-16(23)26/h5-7,10-11,17H,3-4,8-9H2,1-2H3,(H,20,25). The van der Waals surface area contributed by atoms with Gasteiger partial charge in [0.15, 0.2) is 12.4 Å². The molecule has 0 bridgehead atoms. The third-order valence-electron chi connectivity index (χ3n) is 5.05. The van der Waals surface area contributed by atoms with Gasteiger partial charge in [-0.3, -0.25) is 24.6 Å². The van der Waals surface area contributed by atoms with E-state index in [4.69, 9.17) is 9.26 Å². The molecule has 11 heteroatoms. The minimum Gasteiger partial charge on any atom is -0.482 e. The maximum absolute atomic E-state index is 12.8. The molecule has 2 aromatic rings. The molecule has 11 nitrogen and oxygen atoms in total. The molecule has 1 unspecified atom stereocenters. The molecule has 2 aliphatic rings. The zero-order valence-electron chi connectivity index (χ0n) is 16.5. The van der Waals surface area contributed by atoms with E-state index < -0.39 is 22.8 Å². The number of carbonyl (C=O) groups excluding carboxylic acids is 2. The molecule has 158 valence electrons. The highest BCUT2D eigenvalue weighted by Crippen LogP contribution is 2.39. The fraction of sp³-hybridized carbons (Fsp3) is 0.474. The predicted molar refractivity (Wildman–Crippen MR) is 103 cm³/mol. The van der Waals surface area contributed by atoms with Crippen molar-refractivity contribution < 1.29 is 23.8 Å². The Labute approximate surface area is 171 Å². The normalized spacial score (nSPS) is 16.8. The molecule has 0 spiro atoms. The number of hydrogen-bond donors (Lipinski definition) is 1. The lowest BCUT2D eigenvalue weighted by molar-refractivity contribution is -0.384. The Hall–Kier alpha value is -3.50. The SMILES string of the molecule is CC(C)C(NC(=O)CN1C(=O)COc2ccc([N+](=O)[O-])cc21)c1nc(C2CC2)no1. The van der Waals surface area contributed by atoms with E-state index in [-0.39, 0.29) is 30.4 Å². The van der Waals surface area contributed by atoms with Crippen LogP contribution in [0.5, 0.6) is 5.75 Å². The summed E-state index contributed by atoms with van der Waals surface area (Å²) in [6.45, 7) is 3.25. The zero-order chi connectivity index (χ0) is 21.4. The second kappa shape index (κ2) is 7.73. The molecule has 2 amide bonds. The number of nitro benzene ring substituents is 1. The van der Waals surface area contributed by atoms with Crippen molar-refractivity contribution in [1.29, 1.82) is 0 Å². The molecular formula is C19H21N5O6. The Morgan fingerprint density at radius 1 is 1.40 bits per heavy atom. The smallest absolute Gasteiger partial charge is 0.271 e. The van der Waals surface area contributed by atoms with Crippen molar-refractivity contribution in [2.24, 2.45) is 5.92 Å². The maximum Gasteiger partial charge on any atom is 0.271 e. The molecule has 1 fully saturated rings. The first-order valence-electron chi connectivity index (χ1n) is 9.68. The van der Waals surface area contributed by atoms with Gasteiger partial charge >= 0.3 is 0 Å². The van der Waals surface area contributed by atoms with E-state index in [9.17, 15) is 19.7 Å². The van der Waals surface area contributed by atoms with Crippen LogP contribution in [0.25, 0.3) is 0 Å². The van der Waals surface area contributed by atoms with Crippen molar-refractivity contribution in [2.45, 2.75) is 38.6 Å². The van der Waals surface area contributed by atoms with Crippen LogP contribution in [0.15, 0.2) is 22.7 Å². The Bertz CT molecular complexity index is 999. The molecule has 1 aliphatic heterocycles. The molecule has 1 N–H and O–H groups in total. The monoisotopic (exact) mass is 415 g/mol. The molecule has 1 aromatic heterocycles. The van der Waals surface area contributed by atoms with Crippen LogP contribution in [0.1, 0.15) is 50.4 Å². The maximum atomic E-state index is 12.8. The quantitative estimate of drug-likeness (QED) is 0.535. The second-order valence-electron chi connectivity index (χ2n) is 7.73. The van der Waals surface area contributed by atoms with E-state index in [2.05, 4.69) is 15.5 Å². The number of rotatable bonds is 7. The van der Waals surface area contributed by atoms with Gasteiger partial charge in [-0.15, -0.1) is 0 Å². The number of carbonyl (C=O) groups is 2. The first-order valence-corrected chi connectivity index (χ1v) is 9.68. The molecule has 1 atom stereocenters. The Morgan fingerprint density at radius 3 is 2.83 bits per heavy atom. The van der Waals surface area contributed by atoms with Crippen LogP contribution in [0, 0.1) is 16.0 Å². The number of aromatic nitrogens is 2. The molecule has 30 heavy (non-hydrogen) atoms. The lowest BCUT2D eigenvalue weighted by Gasteiger charge is -2.29. The molecule has 2 heterocycles. The lowest BCUT2D eigenvalue weighted by Crippen LogP contribution is -2.46. The molecule has 1 aromatic carbocycles. The number of nitrogens with zero attached hydrogens (tertiary/aromatic N) is 4. The second-order valence-corrected chi connectivity index (χ2v) is 7.73. The predicted octanol–water partition coefficient (Wildman–Crippen LogP) is 2.09. The lowest BCUT2D eigenvalue weighted by atomic mass is 10.0. The fourth-order valence-corrected chi connectivity index (χ4v) is 3.23. The minimum atomic E-state index is -0.570. The average Bonchev–Trinajstić information content (AvgIpc) is 3.45. The van der Waals surface area contributed by atoms with Crippen molar-refractivity contribution in [3.8, 4) is 5.75 Å². The Kier molecular flexibility index (Phi) is 5.10. The summed E-state index contributed by atoms with van der Waals surface area (Å²) in [7, 11) is 0. The molecule has 1 aliphatic carbocycles. The third kappa shape index (κ3) is 3.95. The van der Waals surface area contributed by atoms with Crippen molar-refractivity contribution in [2.75, 3.05) is 18.1 Å². The van der Waals surface area contributed by atoms with E-state index >= 15 is 0 Å². The number of non-ortho nitro benzene ring substituents is 1. The van der Waals surface area contributed by atoms with Crippen LogP contribution < -0.4 is 15.0 Å². The van der Waals surface area contributed by atoms with E-state index in [0.29, 0.717) is 23.4 Å². The number of anilines is 1. The number of nitrogens with one attached hydrogen (secondary N) is 1. The Morgan fingerprint density at radius 2 is 2.17 bits per heavy atom. The zero-order valence-corrected chi connectivity index (χ0v) is 16.5. The summed E-state index contributed by atoms with van der Waals surface area (Å²) in [5.41, 5.74) is -0.0125. The van der Waals surface area contributed by atoms with Crippen molar-refractivity contribution in [3.05, 3.63) is 40.0 Å². The summed E-state index contributed by atoms with van der Waals surface area (Å²) in [6, 6.07) is 3.41. The van der Waals surface area contributed by atoms with Gasteiger partial charge in [-0.05, 0) is 24.8 Å². The fourth-order valence-electron chi connectivity index (χ4n) is 3.23. The van der Waals surface area contributed by atoms with E-state index in [1.807, 2.05) is 13.8 Å². The molecule has 4 rings (SSSR count). The highest BCUT2D eigenvalue weighted by molar-refractivity contribution is 6.02. The molecule has 1 saturated carbocycles. The van der Waals surface area contributed by atoms with Crippen molar-refractivity contribution in [3.63, 3.8) is 0 Å². The molecule has 0 saturated heterocycles. The van der Waals surface area contributed by atoms with Gasteiger partial charge in [-0.2, -0.15) is 4.98 Å². The molecule has 0 radical (unpaired) electrons. The number of ether oxygens (including phenoxy) is 1. The minimum absolute atomic E-state index is 0.0322. The van der Waals surface area contributed by atoms with Crippen LogP contribution in [0.2, 0.25) is 0 Å². The molecular weight excluding hydrogens is 394 g/mol. The number of fused-ring (bicyclic) bond motifs is 1. The highest BCUT2D eigenvalue weighted by Gasteiger charge is 2.33. The van der Waals surface area contributed by atoms with Gasteiger partial charge < -0.3 is 14.6 Å². The van der Waals surface area contributed by atoms with Crippen LogP contribution in [-0.2, 0) is 9.59 Å². The van der Waals surface area contributed by atoms with Gasteiger partial charge in [0.05, 0.1) is 10.6 Å². The largest absolute Gasteiger partial charge is 0.482 e. The van der Waals surface area contributed by atoms with Gasteiger partial charge in [0.2, 0.25) is 11.8 Å². The average molecular weight is 415 g/mol. The summed E-state index contributed by atoms with van der Waals surface area (Å²) in [6.07, 6.45) is 2.06. The third-order valence-corrected chi connectivity index (χ3v) is 5.05. The topological polar surface area (TPSA) is 141 Å². The van der Waals surface area contributed by atoms with Crippen molar-refractivity contribution >= 4 is 23.2 Å². The van der Waals surface area contributed by atoms with Crippen molar-refractivity contribution in [1.82, 2.24) is 15.5 Å². The van der Waals surface area contributed by atoms with Gasteiger partial charge in [-0.25, -0.2) is 0 Å². The van der Waals surface area contributed by atoms with Crippen LogP contribution in [0.3, 0.4) is 0 Å². The van der Waals surface area contributed by atoms with Crippen LogP contribution in [0.4, 0.5) is 11.4 Å². The van der Waals surface area contributed by atoms with Crippen LogP contribution >= 0.6 is 0 Å². The number of amides is 2. The van der Waals surface area contributed by atoms with Crippen LogP contribution in [-0.4, -0.2) is 40.0 Å². The first-order chi connectivity index (χ1) is 14.3. The highest BCUT2D eigenvalue weighted by atomic mass is 16.6. The van der Waals surface area contributed by atoms with E-state index in [1.165, 1.54) is 23.1 Å². The number of benzene rings is 1. The van der Waals surface area contributed by atoms with Gasteiger partial charge in [-0.1, -0.05) is 19.0 Å². The van der Waals surface area contributed by atoms with E-state index in [0.717, 1.165) is 12.8 Å². The number of hydrogen-bond acceptors (Lipinski definition) is 8. The van der Waals surface area contributed by atoms with Gasteiger partial charge in [0, 0.05) is 18.1 Å². The van der Waals surface area contributed by atoms with Gasteiger partial charge in [0.1, 0.15) is 18.3 Å². The summed E-state index contributed by atoms with van der Waals surface area (Å²) < 4.78 is 10.7. The first kappa shape index (κ1) is 19.8. The summed E-state index contributed by atoms with van der Waals surface area (Å²) in [5.74, 6) is 0.651. The summed E-state index contributed by atoms with van der Waals surface area (Å²) >= 11 is 0. The summed E-state index contributed by atoms with van der Waals surface area (Å²) in [4.78, 5) is 41.2.